The summed E-state index contributed by atoms with van der Waals surface area (Å²) < 4.78 is 22.1. The summed E-state index contributed by atoms with van der Waals surface area (Å²) in [5.41, 5.74) is 3.91. The van der Waals surface area contributed by atoms with Crippen molar-refractivity contribution in [1.82, 2.24) is 9.55 Å². The van der Waals surface area contributed by atoms with Gasteiger partial charge in [-0.2, -0.15) is 4.98 Å². The van der Waals surface area contributed by atoms with Crippen molar-refractivity contribution >= 4 is 29.5 Å². The largest absolute Gasteiger partial charge is 0.460 e. The molecule has 1 aromatic heterocycles. The van der Waals surface area contributed by atoms with E-state index in [0.29, 0.717) is 5.75 Å². The van der Waals surface area contributed by atoms with E-state index >= 15 is 0 Å². The molecule has 0 bridgehead atoms. The Bertz CT molecular complexity index is 731. The molecule has 2 atom stereocenters. The highest BCUT2D eigenvalue weighted by Crippen LogP contribution is 2.31. The van der Waals surface area contributed by atoms with Crippen LogP contribution in [0.15, 0.2) is 17.1 Å². The Morgan fingerprint density at radius 1 is 1.37 bits per heavy atom. The third-order valence-corrected chi connectivity index (χ3v) is 4.23. The van der Waals surface area contributed by atoms with Gasteiger partial charge < -0.3 is 24.7 Å². The molecule has 1 aliphatic rings. The lowest BCUT2D eigenvalue weighted by Gasteiger charge is -2.19. The van der Waals surface area contributed by atoms with E-state index in [-0.39, 0.29) is 25.6 Å². The second kappa shape index (κ2) is 9.20. The molecule has 0 aromatic carbocycles. The average molecular weight is 401 g/mol. The molecule has 2 N–H and O–H groups in total. The molecule has 2 rings (SSSR count). The number of carbonyl (C=O) groups excluding carboxylic acids is 2. The number of hydrogen-bond donors (Lipinski definition) is 1. The number of ether oxygens (including phenoxy) is 4. The summed E-state index contributed by atoms with van der Waals surface area (Å²) in [5.74, 6) is -0.547. The van der Waals surface area contributed by atoms with Crippen molar-refractivity contribution in [2.45, 2.75) is 38.0 Å². The van der Waals surface area contributed by atoms with Gasteiger partial charge in [-0.3, -0.25) is 4.57 Å². The normalized spacial score (nSPS) is 19.7. The van der Waals surface area contributed by atoms with E-state index in [1.807, 2.05) is 0 Å². The molecule has 0 spiro atoms. The molecule has 0 amide bonds. The van der Waals surface area contributed by atoms with Crippen LogP contribution in [0, 0.1) is 0 Å². The molecule has 0 saturated carbocycles. The van der Waals surface area contributed by atoms with Crippen LogP contribution in [0.1, 0.15) is 27.0 Å². The molecule has 11 heteroatoms. The minimum absolute atomic E-state index is 0.00699. The highest BCUT2D eigenvalue weighted by atomic mass is 32.2. The summed E-state index contributed by atoms with van der Waals surface area (Å²) in [5, 5.41) is 0. The Labute approximate surface area is 160 Å². The smallest absolute Gasteiger partial charge is 0.351 e. The number of nitrogen functional groups attached to an aromatic ring is 1. The predicted molar refractivity (Wildman–Crippen MR) is 96.9 cm³/mol. The fraction of sp³-hybridized carbons (Fsp3) is 0.625. The number of esters is 2. The number of rotatable bonds is 7. The predicted octanol–water partition coefficient (Wildman–Crippen LogP) is 0.315. The van der Waals surface area contributed by atoms with Crippen molar-refractivity contribution in [2.75, 3.05) is 31.3 Å². The summed E-state index contributed by atoms with van der Waals surface area (Å²) in [6, 6.07) is 1.50. The molecule has 0 radical (unpaired) electrons. The summed E-state index contributed by atoms with van der Waals surface area (Å²) >= 11 is 1.40. The van der Waals surface area contributed by atoms with Crippen LogP contribution in [-0.4, -0.2) is 58.1 Å². The fourth-order valence-corrected chi connectivity index (χ4v) is 3.10. The molecule has 1 aliphatic heterocycles. The van der Waals surface area contributed by atoms with Crippen molar-refractivity contribution in [3.63, 3.8) is 0 Å². The van der Waals surface area contributed by atoms with Gasteiger partial charge >= 0.3 is 17.6 Å². The Hall–Kier alpha value is -2.11. The molecule has 1 saturated heterocycles. The van der Waals surface area contributed by atoms with Crippen LogP contribution in [0.5, 0.6) is 0 Å². The lowest BCUT2D eigenvalue weighted by molar-refractivity contribution is -0.163. The minimum Gasteiger partial charge on any atom is -0.460 e. The first-order valence-electron chi connectivity index (χ1n) is 8.21. The highest BCUT2D eigenvalue weighted by molar-refractivity contribution is 8.00. The van der Waals surface area contributed by atoms with Gasteiger partial charge in [0, 0.05) is 11.9 Å². The summed E-state index contributed by atoms with van der Waals surface area (Å²) in [6.45, 7) is 4.49. The van der Waals surface area contributed by atoms with Crippen molar-refractivity contribution in [3.05, 3.63) is 22.7 Å². The summed E-state index contributed by atoms with van der Waals surface area (Å²) in [4.78, 5) is 38.6. The van der Waals surface area contributed by atoms with Gasteiger partial charge in [-0.1, -0.05) is 0 Å². The van der Waals surface area contributed by atoms with Gasteiger partial charge in [0.1, 0.15) is 42.9 Å². The first-order chi connectivity index (χ1) is 12.6. The van der Waals surface area contributed by atoms with E-state index in [0.717, 1.165) is 0 Å². The second-order valence-electron chi connectivity index (χ2n) is 6.66. The SMILES string of the molecule is CC(C)(C)OC(=O)COCC(=O)OCC1OC(n2ccc(N)nc2=O)CS1. The molecular weight excluding hydrogens is 378 g/mol. The molecule has 27 heavy (non-hydrogen) atoms. The maximum absolute atomic E-state index is 11.8. The topological polar surface area (TPSA) is 132 Å². The number of anilines is 1. The molecule has 2 unspecified atom stereocenters. The van der Waals surface area contributed by atoms with Gasteiger partial charge in [0.05, 0.1) is 0 Å². The molecule has 1 aromatic rings. The van der Waals surface area contributed by atoms with Crippen LogP contribution in [-0.2, 0) is 28.5 Å². The van der Waals surface area contributed by atoms with Gasteiger partial charge in [0.2, 0.25) is 0 Å². The lowest BCUT2D eigenvalue weighted by Crippen LogP contribution is -2.29. The van der Waals surface area contributed by atoms with Gasteiger partial charge in [0.25, 0.3) is 0 Å². The zero-order valence-electron chi connectivity index (χ0n) is 15.4. The molecule has 0 aliphatic carbocycles. The van der Waals surface area contributed by atoms with Crippen LogP contribution in [0.4, 0.5) is 5.82 Å². The monoisotopic (exact) mass is 401 g/mol. The van der Waals surface area contributed by atoms with Gasteiger partial charge in [-0.15, -0.1) is 11.8 Å². The van der Waals surface area contributed by atoms with Crippen LogP contribution < -0.4 is 11.4 Å². The van der Waals surface area contributed by atoms with E-state index in [9.17, 15) is 14.4 Å². The van der Waals surface area contributed by atoms with Gasteiger partial charge in [0.15, 0.2) is 0 Å². The second-order valence-corrected chi connectivity index (χ2v) is 7.85. The Morgan fingerprint density at radius 2 is 2.07 bits per heavy atom. The molecular formula is C16H23N3O7S. The minimum atomic E-state index is -0.627. The van der Waals surface area contributed by atoms with Crippen LogP contribution in [0.25, 0.3) is 0 Å². The zero-order valence-corrected chi connectivity index (χ0v) is 16.2. The quantitative estimate of drug-likeness (QED) is 0.637. The van der Waals surface area contributed by atoms with Gasteiger partial charge in [-0.25, -0.2) is 14.4 Å². The fourth-order valence-electron chi connectivity index (χ4n) is 2.11. The van der Waals surface area contributed by atoms with E-state index in [1.54, 1.807) is 20.8 Å². The summed E-state index contributed by atoms with van der Waals surface area (Å²) in [6.07, 6.45) is 0.997. The number of nitrogens with two attached hydrogens (primary N) is 1. The van der Waals surface area contributed by atoms with Crippen LogP contribution in [0.2, 0.25) is 0 Å². The number of thioether (sulfide) groups is 1. The van der Waals surface area contributed by atoms with E-state index in [2.05, 4.69) is 4.98 Å². The van der Waals surface area contributed by atoms with Crippen LogP contribution in [0.3, 0.4) is 0 Å². The first kappa shape index (κ1) is 21.2. The third-order valence-electron chi connectivity index (χ3n) is 3.14. The van der Waals surface area contributed by atoms with E-state index in [4.69, 9.17) is 24.7 Å². The standard InChI is InChI=1S/C16H23N3O7S/c1-16(2,3)26-13(21)7-23-6-12(20)24-8-14-25-11(9-27-14)19-5-4-10(17)18-15(19)22/h4-5,11,14H,6-9H2,1-3H3,(H2,17,18,22). The van der Waals surface area contributed by atoms with E-state index < -0.39 is 34.9 Å². The zero-order chi connectivity index (χ0) is 20.0. The first-order valence-corrected chi connectivity index (χ1v) is 9.26. The van der Waals surface area contributed by atoms with Crippen molar-refractivity contribution in [3.8, 4) is 0 Å². The van der Waals surface area contributed by atoms with Gasteiger partial charge in [-0.05, 0) is 26.8 Å². The maximum Gasteiger partial charge on any atom is 0.351 e. The van der Waals surface area contributed by atoms with Crippen molar-refractivity contribution < 1.29 is 28.5 Å². The van der Waals surface area contributed by atoms with Crippen molar-refractivity contribution in [1.29, 1.82) is 0 Å². The third kappa shape index (κ3) is 7.19. The number of hydrogen-bond acceptors (Lipinski definition) is 10. The van der Waals surface area contributed by atoms with Crippen molar-refractivity contribution in [2.24, 2.45) is 0 Å². The van der Waals surface area contributed by atoms with E-state index in [1.165, 1.54) is 28.6 Å². The molecule has 1 fully saturated rings. The maximum atomic E-state index is 11.8. The Morgan fingerprint density at radius 3 is 2.74 bits per heavy atom. The number of carbonyl (C=O) groups is 2. The van der Waals surface area contributed by atoms with Crippen LogP contribution >= 0.6 is 11.8 Å². The molecule has 2 heterocycles. The Kier molecular flexibility index (Phi) is 7.22. The lowest BCUT2D eigenvalue weighted by atomic mass is 10.2. The highest BCUT2D eigenvalue weighted by Gasteiger charge is 2.29. The average Bonchev–Trinajstić information content (AvgIpc) is 3.00. The Balaban J connectivity index is 1.68. The number of nitrogens with zero attached hydrogens (tertiary/aromatic N) is 2. The molecule has 150 valence electrons. The number of aromatic nitrogens is 2. The molecule has 10 nitrogen and oxygen atoms in total. The summed E-state index contributed by atoms with van der Waals surface area (Å²) in [7, 11) is 0.